The maximum atomic E-state index is 12.6. The van der Waals surface area contributed by atoms with Crippen LogP contribution in [0.15, 0.2) is 29.2 Å². The Labute approximate surface area is 119 Å². The molecule has 3 rings (SSSR count). The molecule has 0 aromatic heterocycles. The average molecular weight is 291 g/mol. The van der Waals surface area contributed by atoms with Gasteiger partial charge in [0.05, 0.1) is 16.5 Å². The summed E-state index contributed by atoms with van der Waals surface area (Å²) < 4.78 is 26.8. The van der Waals surface area contributed by atoms with Gasteiger partial charge in [0, 0.05) is 19.1 Å². The number of nitriles is 1. The minimum Gasteiger partial charge on any atom is -0.312 e. The van der Waals surface area contributed by atoms with Crippen LogP contribution in [0, 0.1) is 17.2 Å². The van der Waals surface area contributed by atoms with Gasteiger partial charge in [-0.2, -0.15) is 9.57 Å². The minimum atomic E-state index is -3.49. The van der Waals surface area contributed by atoms with E-state index in [1.807, 2.05) is 6.07 Å². The van der Waals surface area contributed by atoms with E-state index in [9.17, 15) is 8.42 Å². The van der Waals surface area contributed by atoms with Crippen molar-refractivity contribution < 1.29 is 8.42 Å². The highest BCUT2D eigenvalue weighted by molar-refractivity contribution is 7.89. The van der Waals surface area contributed by atoms with Crippen LogP contribution in [0.1, 0.15) is 18.4 Å². The number of rotatable bonds is 2. The van der Waals surface area contributed by atoms with Gasteiger partial charge in [-0.05, 0) is 43.5 Å². The molecule has 20 heavy (non-hydrogen) atoms. The molecule has 2 aliphatic heterocycles. The second-order valence-corrected chi connectivity index (χ2v) is 7.36. The van der Waals surface area contributed by atoms with Crippen LogP contribution in [0.4, 0.5) is 0 Å². The van der Waals surface area contributed by atoms with E-state index in [0.29, 0.717) is 24.6 Å². The van der Waals surface area contributed by atoms with Crippen molar-refractivity contribution in [2.45, 2.75) is 23.8 Å². The van der Waals surface area contributed by atoms with Crippen molar-refractivity contribution in [2.24, 2.45) is 5.92 Å². The summed E-state index contributed by atoms with van der Waals surface area (Å²) in [4.78, 5) is 0.218. The number of piperidine rings is 1. The fourth-order valence-electron chi connectivity index (χ4n) is 3.08. The summed E-state index contributed by atoms with van der Waals surface area (Å²) in [5, 5.41) is 12.3. The third-order valence-electron chi connectivity index (χ3n) is 4.17. The van der Waals surface area contributed by atoms with E-state index in [2.05, 4.69) is 5.32 Å². The van der Waals surface area contributed by atoms with Gasteiger partial charge in [-0.1, -0.05) is 6.07 Å². The summed E-state index contributed by atoms with van der Waals surface area (Å²) in [6.45, 7) is 2.08. The number of hydrogen-bond donors (Lipinski definition) is 1. The Bertz CT molecular complexity index is 637. The van der Waals surface area contributed by atoms with Gasteiger partial charge in [-0.15, -0.1) is 0 Å². The van der Waals surface area contributed by atoms with Crippen LogP contribution in [0.5, 0.6) is 0 Å². The first-order valence-corrected chi connectivity index (χ1v) is 8.29. The molecule has 106 valence electrons. The van der Waals surface area contributed by atoms with Crippen LogP contribution in [0.25, 0.3) is 0 Å². The van der Waals surface area contributed by atoms with E-state index >= 15 is 0 Å². The molecule has 0 amide bonds. The predicted octanol–water partition coefficient (Wildman–Crippen LogP) is 0.931. The number of nitrogens with one attached hydrogen (secondary N) is 1. The van der Waals surface area contributed by atoms with Gasteiger partial charge in [0.25, 0.3) is 0 Å². The largest absolute Gasteiger partial charge is 0.312 e. The summed E-state index contributed by atoms with van der Waals surface area (Å²) in [6.07, 6.45) is 2.20. The lowest BCUT2D eigenvalue weighted by Crippen LogP contribution is -2.41. The molecule has 2 unspecified atom stereocenters. The smallest absolute Gasteiger partial charge is 0.243 e. The second kappa shape index (κ2) is 5.17. The van der Waals surface area contributed by atoms with E-state index < -0.39 is 10.0 Å². The topological polar surface area (TPSA) is 73.2 Å². The highest BCUT2D eigenvalue weighted by Gasteiger charge is 2.40. The standard InChI is InChI=1S/C14H17N3O2S/c15-8-11-3-1-5-13(7-11)20(18,19)17-9-12-4-2-6-16-14(12)10-17/h1,3,5,7,12,14,16H,2,4,6,9-10H2. The number of hydrogen-bond acceptors (Lipinski definition) is 4. The van der Waals surface area contributed by atoms with Gasteiger partial charge in [0.1, 0.15) is 0 Å². The normalized spacial score (nSPS) is 26.9. The molecule has 1 aromatic carbocycles. The third-order valence-corrected chi connectivity index (χ3v) is 5.99. The van der Waals surface area contributed by atoms with E-state index in [0.717, 1.165) is 19.4 Å². The quantitative estimate of drug-likeness (QED) is 0.880. The second-order valence-electron chi connectivity index (χ2n) is 5.42. The molecule has 2 atom stereocenters. The number of sulfonamides is 1. The molecule has 2 heterocycles. The van der Waals surface area contributed by atoms with Crippen molar-refractivity contribution in [1.82, 2.24) is 9.62 Å². The molecule has 5 nitrogen and oxygen atoms in total. The molecule has 2 fully saturated rings. The Hall–Kier alpha value is -1.42. The molecular formula is C14H17N3O2S. The lowest BCUT2D eigenvalue weighted by atomic mass is 9.94. The van der Waals surface area contributed by atoms with Gasteiger partial charge in [0.15, 0.2) is 0 Å². The Kier molecular flexibility index (Phi) is 3.50. The fourth-order valence-corrected chi connectivity index (χ4v) is 4.65. The Morgan fingerprint density at radius 3 is 2.95 bits per heavy atom. The first-order chi connectivity index (χ1) is 9.61. The van der Waals surface area contributed by atoms with Crippen molar-refractivity contribution in [2.75, 3.05) is 19.6 Å². The van der Waals surface area contributed by atoms with Crippen molar-refractivity contribution in [3.05, 3.63) is 29.8 Å². The highest BCUT2D eigenvalue weighted by Crippen LogP contribution is 2.29. The van der Waals surface area contributed by atoms with E-state index in [4.69, 9.17) is 5.26 Å². The third kappa shape index (κ3) is 2.33. The zero-order valence-electron chi connectivity index (χ0n) is 11.1. The zero-order chi connectivity index (χ0) is 14.2. The minimum absolute atomic E-state index is 0.218. The molecule has 2 saturated heterocycles. The number of nitrogens with zero attached hydrogens (tertiary/aromatic N) is 2. The number of fused-ring (bicyclic) bond motifs is 1. The monoisotopic (exact) mass is 291 g/mol. The molecule has 0 bridgehead atoms. The highest BCUT2D eigenvalue weighted by atomic mass is 32.2. The maximum Gasteiger partial charge on any atom is 0.243 e. The molecule has 2 aliphatic rings. The van der Waals surface area contributed by atoms with Crippen LogP contribution in [-0.2, 0) is 10.0 Å². The summed E-state index contributed by atoms with van der Waals surface area (Å²) >= 11 is 0. The molecule has 0 saturated carbocycles. The summed E-state index contributed by atoms with van der Waals surface area (Å²) in [5.74, 6) is 0.415. The van der Waals surface area contributed by atoms with Crippen LogP contribution in [0.2, 0.25) is 0 Å². The molecule has 1 aromatic rings. The van der Waals surface area contributed by atoms with Gasteiger partial charge < -0.3 is 5.32 Å². The van der Waals surface area contributed by atoms with Crippen LogP contribution >= 0.6 is 0 Å². The zero-order valence-corrected chi connectivity index (χ0v) is 11.9. The van der Waals surface area contributed by atoms with E-state index in [1.165, 1.54) is 6.07 Å². The number of benzene rings is 1. The van der Waals surface area contributed by atoms with Gasteiger partial charge >= 0.3 is 0 Å². The van der Waals surface area contributed by atoms with Crippen LogP contribution < -0.4 is 5.32 Å². The van der Waals surface area contributed by atoms with Crippen molar-refractivity contribution in [3.8, 4) is 6.07 Å². The molecular weight excluding hydrogens is 274 g/mol. The van der Waals surface area contributed by atoms with Crippen LogP contribution in [0.3, 0.4) is 0 Å². The Morgan fingerprint density at radius 1 is 1.35 bits per heavy atom. The Balaban J connectivity index is 1.87. The van der Waals surface area contributed by atoms with Crippen molar-refractivity contribution in [1.29, 1.82) is 5.26 Å². The first kappa shape index (κ1) is 13.6. The van der Waals surface area contributed by atoms with Crippen LogP contribution in [-0.4, -0.2) is 38.4 Å². The van der Waals surface area contributed by atoms with Gasteiger partial charge in [-0.3, -0.25) is 0 Å². The van der Waals surface area contributed by atoms with E-state index in [-0.39, 0.29) is 10.9 Å². The van der Waals surface area contributed by atoms with Gasteiger partial charge in [-0.25, -0.2) is 8.42 Å². The Morgan fingerprint density at radius 2 is 2.20 bits per heavy atom. The summed E-state index contributed by atoms with van der Waals surface area (Å²) in [6, 6.07) is 8.50. The molecule has 0 aliphatic carbocycles. The van der Waals surface area contributed by atoms with Crippen molar-refractivity contribution >= 4 is 10.0 Å². The molecule has 0 spiro atoms. The predicted molar refractivity (Wildman–Crippen MR) is 74.4 cm³/mol. The van der Waals surface area contributed by atoms with Crippen molar-refractivity contribution in [3.63, 3.8) is 0 Å². The summed E-state index contributed by atoms with van der Waals surface area (Å²) in [5.41, 5.74) is 0.376. The first-order valence-electron chi connectivity index (χ1n) is 6.85. The SMILES string of the molecule is N#Cc1cccc(S(=O)(=O)N2CC3CCCNC3C2)c1. The molecule has 6 heteroatoms. The van der Waals surface area contributed by atoms with Gasteiger partial charge in [0.2, 0.25) is 10.0 Å². The maximum absolute atomic E-state index is 12.6. The molecule has 1 N–H and O–H groups in total. The average Bonchev–Trinajstić information content (AvgIpc) is 2.92. The lowest BCUT2D eigenvalue weighted by Gasteiger charge is -2.24. The lowest BCUT2D eigenvalue weighted by molar-refractivity contribution is 0.339. The summed E-state index contributed by atoms with van der Waals surface area (Å²) in [7, 11) is -3.49. The van der Waals surface area contributed by atoms with E-state index in [1.54, 1.807) is 22.5 Å². The molecule has 0 radical (unpaired) electrons. The fraction of sp³-hybridized carbons (Fsp3) is 0.500.